The summed E-state index contributed by atoms with van der Waals surface area (Å²) in [5.41, 5.74) is 1.13. The second kappa shape index (κ2) is 9.02. The molecule has 8 nitrogen and oxygen atoms in total. The van der Waals surface area contributed by atoms with Gasteiger partial charge in [0.05, 0.1) is 30.6 Å². The molecule has 4 atom stereocenters. The molecule has 180 valence electrons. The van der Waals surface area contributed by atoms with Gasteiger partial charge in [-0.2, -0.15) is 0 Å². The molecule has 3 aliphatic rings. The van der Waals surface area contributed by atoms with Crippen LogP contribution >= 0.6 is 0 Å². The second-order valence-electron chi connectivity index (χ2n) is 9.19. The smallest absolute Gasteiger partial charge is 0.316 e. The SMILES string of the molecule is COc1cccc(N2C[C@H](C(=O)Oc3ccc(N4C(=O)[C@H]5[C@H](CC=C[C@@H]5C)C4=O)cc3)CC2=O)c1. The zero-order valence-electron chi connectivity index (χ0n) is 19.5. The number of hydrogen-bond acceptors (Lipinski definition) is 6. The Morgan fingerprint density at radius 1 is 0.971 bits per heavy atom. The molecule has 0 spiro atoms. The fourth-order valence-electron chi connectivity index (χ4n) is 5.16. The van der Waals surface area contributed by atoms with Gasteiger partial charge in [0.1, 0.15) is 11.5 Å². The van der Waals surface area contributed by atoms with Crippen LogP contribution in [0.5, 0.6) is 11.5 Å². The van der Waals surface area contributed by atoms with Gasteiger partial charge in [-0.25, -0.2) is 0 Å². The van der Waals surface area contributed by atoms with Crippen LogP contribution in [0.1, 0.15) is 19.8 Å². The number of ether oxygens (including phenoxy) is 2. The number of carbonyl (C=O) groups excluding carboxylic acids is 4. The molecule has 2 saturated heterocycles. The van der Waals surface area contributed by atoms with E-state index in [9.17, 15) is 19.2 Å². The summed E-state index contributed by atoms with van der Waals surface area (Å²) in [6.45, 7) is 2.17. The lowest BCUT2D eigenvalue weighted by atomic mass is 9.78. The van der Waals surface area contributed by atoms with E-state index in [4.69, 9.17) is 9.47 Å². The van der Waals surface area contributed by atoms with E-state index in [0.29, 0.717) is 23.5 Å². The number of benzene rings is 2. The number of carbonyl (C=O) groups is 4. The van der Waals surface area contributed by atoms with Gasteiger partial charge in [0, 0.05) is 24.7 Å². The van der Waals surface area contributed by atoms with Gasteiger partial charge >= 0.3 is 5.97 Å². The van der Waals surface area contributed by atoms with Crippen LogP contribution in [0.25, 0.3) is 0 Å². The first-order valence-corrected chi connectivity index (χ1v) is 11.7. The largest absolute Gasteiger partial charge is 0.497 e. The van der Waals surface area contributed by atoms with Gasteiger partial charge in [0.15, 0.2) is 0 Å². The monoisotopic (exact) mass is 474 g/mol. The third-order valence-corrected chi connectivity index (χ3v) is 7.01. The Kier molecular flexibility index (Phi) is 5.88. The van der Waals surface area contributed by atoms with Crippen LogP contribution in [-0.4, -0.2) is 37.3 Å². The van der Waals surface area contributed by atoms with Crippen LogP contribution in [0, 0.1) is 23.7 Å². The topological polar surface area (TPSA) is 93.2 Å². The minimum atomic E-state index is -0.604. The van der Waals surface area contributed by atoms with E-state index in [1.807, 2.05) is 19.1 Å². The van der Waals surface area contributed by atoms with E-state index in [1.165, 1.54) is 4.90 Å². The van der Waals surface area contributed by atoms with E-state index in [2.05, 4.69) is 0 Å². The molecule has 0 bridgehead atoms. The molecule has 2 fully saturated rings. The highest BCUT2D eigenvalue weighted by atomic mass is 16.5. The van der Waals surface area contributed by atoms with Gasteiger partial charge in [-0.1, -0.05) is 25.1 Å². The van der Waals surface area contributed by atoms with Crippen LogP contribution in [0.2, 0.25) is 0 Å². The van der Waals surface area contributed by atoms with Gasteiger partial charge in [0.2, 0.25) is 17.7 Å². The van der Waals surface area contributed by atoms with Gasteiger partial charge in [0.25, 0.3) is 0 Å². The molecule has 1 aliphatic carbocycles. The number of imide groups is 1. The van der Waals surface area contributed by atoms with Gasteiger partial charge in [-0.05, 0) is 48.7 Å². The first-order valence-electron chi connectivity index (χ1n) is 11.7. The molecule has 0 radical (unpaired) electrons. The molecule has 2 aromatic carbocycles. The molecule has 0 aromatic heterocycles. The van der Waals surface area contributed by atoms with Crippen molar-refractivity contribution in [2.75, 3.05) is 23.5 Å². The first kappa shape index (κ1) is 22.8. The molecule has 2 heterocycles. The Bertz CT molecular complexity index is 1220. The highest BCUT2D eigenvalue weighted by Gasteiger charge is 2.50. The average molecular weight is 475 g/mol. The van der Waals surface area contributed by atoms with Crippen molar-refractivity contribution in [2.45, 2.75) is 19.8 Å². The molecular formula is C27H26N2O6. The van der Waals surface area contributed by atoms with Crippen molar-refractivity contribution in [3.05, 3.63) is 60.7 Å². The third-order valence-electron chi connectivity index (χ3n) is 7.01. The predicted molar refractivity (Wildman–Crippen MR) is 128 cm³/mol. The van der Waals surface area contributed by atoms with Crippen LogP contribution < -0.4 is 19.3 Å². The van der Waals surface area contributed by atoms with Crippen molar-refractivity contribution in [2.24, 2.45) is 23.7 Å². The van der Waals surface area contributed by atoms with Crippen molar-refractivity contribution in [3.63, 3.8) is 0 Å². The predicted octanol–water partition coefficient (Wildman–Crippen LogP) is 3.36. The van der Waals surface area contributed by atoms with Crippen molar-refractivity contribution in [3.8, 4) is 11.5 Å². The number of fused-ring (bicyclic) bond motifs is 1. The highest BCUT2D eigenvalue weighted by Crippen LogP contribution is 2.40. The summed E-state index contributed by atoms with van der Waals surface area (Å²) in [5.74, 6) is -1.38. The third kappa shape index (κ3) is 4.09. The maximum atomic E-state index is 13.0. The normalized spacial score (nSPS) is 25.7. The molecule has 0 N–H and O–H groups in total. The summed E-state index contributed by atoms with van der Waals surface area (Å²) in [7, 11) is 1.55. The molecule has 0 saturated carbocycles. The Hall–Kier alpha value is -3.94. The van der Waals surface area contributed by atoms with Crippen LogP contribution in [0.4, 0.5) is 11.4 Å². The minimum Gasteiger partial charge on any atom is -0.497 e. The number of esters is 1. The lowest BCUT2D eigenvalue weighted by Crippen LogP contribution is -2.31. The number of hydrogen-bond donors (Lipinski definition) is 0. The fourth-order valence-corrected chi connectivity index (χ4v) is 5.16. The molecule has 0 unspecified atom stereocenters. The molecule has 35 heavy (non-hydrogen) atoms. The lowest BCUT2D eigenvalue weighted by molar-refractivity contribution is -0.139. The Labute approximate surface area is 203 Å². The number of rotatable bonds is 5. The number of amides is 3. The number of anilines is 2. The maximum Gasteiger partial charge on any atom is 0.316 e. The van der Waals surface area contributed by atoms with Crippen LogP contribution in [0.3, 0.4) is 0 Å². The summed E-state index contributed by atoms with van der Waals surface area (Å²) in [6, 6.07) is 13.5. The highest BCUT2D eigenvalue weighted by molar-refractivity contribution is 6.22. The summed E-state index contributed by atoms with van der Waals surface area (Å²) in [4.78, 5) is 53.9. The van der Waals surface area contributed by atoms with Crippen molar-refractivity contribution < 1.29 is 28.7 Å². The zero-order valence-corrected chi connectivity index (χ0v) is 19.5. The van der Waals surface area contributed by atoms with E-state index in [-0.39, 0.29) is 54.2 Å². The van der Waals surface area contributed by atoms with E-state index < -0.39 is 11.9 Å². The Balaban J connectivity index is 1.25. The van der Waals surface area contributed by atoms with E-state index in [1.54, 1.807) is 60.5 Å². The second-order valence-corrected chi connectivity index (χ2v) is 9.19. The fraction of sp³-hybridized carbons (Fsp3) is 0.333. The molecule has 5 rings (SSSR count). The van der Waals surface area contributed by atoms with Crippen molar-refractivity contribution in [1.29, 1.82) is 0 Å². The summed E-state index contributed by atoms with van der Waals surface area (Å²) in [6.07, 6.45) is 4.58. The summed E-state index contributed by atoms with van der Waals surface area (Å²) in [5, 5.41) is 0. The molecular weight excluding hydrogens is 448 g/mol. The lowest BCUT2D eigenvalue weighted by Gasteiger charge is -2.22. The number of allylic oxidation sites excluding steroid dienone is 2. The van der Waals surface area contributed by atoms with Crippen molar-refractivity contribution in [1.82, 2.24) is 0 Å². The van der Waals surface area contributed by atoms with E-state index >= 15 is 0 Å². The van der Waals surface area contributed by atoms with Crippen LogP contribution in [-0.2, 0) is 19.2 Å². The summed E-state index contributed by atoms with van der Waals surface area (Å²) >= 11 is 0. The van der Waals surface area contributed by atoms with Crippen LogP contribution in [0.15, 0.2) is 60.7 Å². The minimum absolute atomic E-state index is 0.0149. The summed E-state index contributed by atoms with van der Waals surface area (Å²) < 4.78 is 10.7. The van der Waals surface area contributed by atoms with E-state index in [0.717, 1.165) is 0 Å². The van der Waals surface area contributed by atoms with Gasteiger partial charge in [-0.15, -0.1) is 0 Å². The van der Waals surface area contributed by atoms with Crippen molar-refractivity contribution >= 4 is 35.1 Å². The average Bonchev–Trinajstić information content (AvgIpc) is 3.38. The Morgan fingerprint density at radius 2 is 1.74 bits per heavy atom. The zero-order chi connectivity index (χ0) is 24.7. The molecule has 2 aromatic rings. The first-order chi connectivity index (χ1) is 16.9. The maximum absolute atomic E-state index is 13.0. The molecule has 2 aliphatic heterocycles. The number of methoxy groups -OCH3 is 1. The molecule has 3 amide bonds. The quantitative estimate of drug-likeness (QED) is 0.286. The van der Waals surface area contributed by atoms with Gasteiger partial charge in [-0.3, -0.25) is 24.1 Å². The molecule has 8 heteroatoms. The number of nitrogens with zero attached hydrogens (tertiary/aromatic N) is 2. The standard InChI is InChI=1S/C27H26N2O6/c1-16-5-3-8-22-24(16)26(32)29(25(22)31)18-9-11-20(12-10-18)35-27(33)17-13-23(30)28(15-17)19-6-4-7-21(14-19)34-2/h3-7,9-12,14,16-17,22,24H,8,13,15H2,1-2H3/t16-,17+,22-,24+/m0/s1. The Morgan fingerprint density at radius 3 is 2.46 bits per heavy atom. The van der Waals surface area contributed by atoms with Gasteiger partial charge < -0.3 is 14.4 Å².